The van der Waals surface area contributed by atoms with Crippen molar-refractivity contribution in [1.82, 2.24) is 10.0 Å². The molecule has 0 unspecified atom stereocenters. The van der Waals surface area contributed by atoms with Gasteiger partial charge in [0, 0.05) is 17.7 Å². The highest BCUT2D eigenvalue weighted by molar-refractivity contribution is 7.89. The van der Waals surface area contributed by atoms with Gasteiger partial charge < -0.3 is 14.8 Å². The van der Waals surface area contributed by atoms with Crippen LogP contribution in [0.4, 0.5) is 5.69 Å². The summed E-state index contributed by atoms with van der Waals surface area (Å²) in [4.78, 5) is 46.2. The number of ether oxygens (including phenoxy) is 2. The third kappa shape index (κ3) is 8.21. The van der Waals surface area contributed by atoms with E-state index in [0.29, 0.717) is 11.5 Å². The van der Waals surface area contributed by atoms with Gasteiger partial charge in [0.05, 0.1) is 16.4 Å². The fraction of sp³-hybridized carbons (Fsp3) is 0.160. The number of ketones is 1. The summed E-state index contributed by atoms with van der Waals surface area (Å²) in [5, 5.41) is 12.9. The minimum absolute atomic E-state index is 0.000218. The minimum Gasteiger partial charge on any atom is -0.457 e. The van der Waals surface area contributed by atoms with Gasteiger partial charge in [0.1, 0.15) is 18.0 Å². The molecule has 0 atom stereocenters. The molecule has 0 radical (unpaired) electrons. The number of esters is 1. The maximum Gasteiger partial charge on any atom is 0.325 e. The average molecular weight is 542 g/mol. The second-order valence-electron chi connectivity index (χ2n) is 7.88. The van der Waals surface area contributed by atoms with Gasteiger partial charge in [0.2, 0.25) is 15.9 Å². The lowest BCUT2D eigenvalue weighted by Gasteiger charge is -2.09. The molecule has 3 aromatic carbocycles. The number of aryl methyl sites for hydroxylation is 1. The second-order valence-corrected chi connectivity index (χ2v) is 9.64. The van der Waals surface area contributed by atoms with Crippen molar-refractivity contribution in [2.24, 2.45) is 0 Å². The quantitative estimate of drug-likeness (QED) is 0.151. The number of nitro benzene ring substituents is 1. The molecule has 0 aromatic heterocycles. The summed E-state index contributed by atoms with van der Waals surface area (Å²) in [7, 11) is -3.89. The highest BCUT2D eigenvalue weighted by Gasteiger charge is 2.16. The number of carbonyl (C=O) groups is 3. The molecule has 0 aliphatic rings. The van der Waals surface area contributed by atoms with E-state index in [1.807, 2.05) is 0 Å². The summed E-state index contributed by atoms with van der Waals surface area (Å²) in [6.07, 6.45) is 0. The van der Waals surface area contributed by atoms with E-state index in [4.69, 9.17) is 9.47 Å². The predicted octanol–water partition coefficient (Wildman–Crippen LogP) is 2.52. The number of amides is 1. The van der Waals surface area contributed by atoms with E-state index in [-0.39, 0.29) is 16.1 Å². The maximum atomic E-state index is 12.3. The fourth-order valence-electron chi connectivity index (χ4n) is 2.96. The van der Waals surface area contributed by atoms with Gasteiger partial charge in [-0.05, 0) is 55.5 Å². The monoisotopic (exact) mass is 541 g/mol. The van der Waals surface area contributed by atoms with Gasteiger partial charge in [-0.1, -0.05) is 17.7 Å². The molecule has 38 heavy (non-hydrogen) atoms. The van der Waals surface area contributed by atoms with Crippen LogP contribution >= 0.6 is 0 Å². The number of rotatable bonds is 12. The number of Topliss-reactive ketones (excluding diaryl/α,β-unsaturated/α-hetero) is 1. The molecule has 2 N–H and O–H groups in total. The zero-order valence-corrected chi connectivity index (χ0v) is 20.9. The molecule has 0 saturated carbocycles. The molecule has 0 bridgehead atoms. The summed E-state index contributed by atoms with van der Waals surface area (Å²) < 4.78 is 37.0. The van der Waals surface area contributed by atoms with E-state index in [1.54, 1.807) is 19.1 Å². The molecular weight excluding hydrogens is 518 g/mol. The molecule has 0 saturated heterocycles. The zero-order valence-electron chi connectivity index (χ0n) is 20.1. The number of nitrogens with one attached hydrogen (secondary N) is 2. The van der Waals surface area contributed by atoms with Gasteiger partial charge in [-0.25, -0.2) is 13.1 Å². The van der Waals surface area contributed by atoms with Crippen LogP contribution in [0.5, 0.6) is 11.5 Å². The van der Waals surface area contributed by atoms with Gasteiger partial charge in [0.25, 0.3) is 5.69 Å². The number of hydrogen-bond acceptors (Lipinski definition) is 9. The number of benzene rings is 3. The van der Waals surface area contributed by atoms with Crippen LogP contribution in [-0.2, 0) is 24.3 Å². The second kappa shape index (κ2) is 12.6. The first-order valence-corrected chi connectivity index (χ1v) is 12.6. The van der Waals surface area contributed by atoms with Crippen molar-refractivity contribution in [3.8, 4) is 11.5 Å². The molecule has 0 heterocycles. The van der Waals surface area contributed by atoms with Gasteiger partial charge in [-0.3, -0.25) is 24.5 Å². The Morgan fingerprint density at radius 3 is 2.03 bits per heavy atom. The topological polar surface area (TPSA) is 171 Å². The molecule has 198 valence electrons. The summed E-state index contributed by atoms with van der Waals surface area (Å²) in [5.41, 5.74) is 1.04. The van der Waals surface area contributed by atoms with Crippen molar-refractivity contribution in [2.75, 3.05) is 19.7 Å². The Labute approximate surface area is 217 Å². The van der Waals surface area contributed by atoms with Crippen LogP contribution < -0.4 is 14.8 Å². The van der Waals surface area contributed by atoms with Crippen LogP contribution in [0.25, 0.3) is 0 Å². The van der Waals surface area contributed by atoms with E-state index in [2.05, 4.69) is 10.0 Å². The lowest BCUT2D eigenvalue weighted by molar-refractivity contribution is -0.384. The van der Waals surface area contributed by atoms with E-state index >= 15 is 0 Å². The van der Waals surface area contributed by atoms with Crippen molar-refractivity contribution in [1.29, 1.82) is 0 Å². The fourth-order valence-corrected chi connectivity index (χ4v) is 3.94. The summed E-state index contributed by atoms with van der Waals surface area (Å²) in [6, 6.07) is 17.5. The summed E-state index contributed by atoms with van der Waals surface area (Å²) in [5.74, 6) is -1.39. The summed E-state index contributed by atoms with van der Waals surface area (Å²) in [6.45, 7) is 0.0930. The molecule has 0 aliphatic heterocycles. The standard InChI is InChI=1S/C25H23N3O9S/c1-17-2-12-22(13-3-17)38(34,35)27-14-24(30)26-15-25(31)36-16-23(29)18-4-8-20(9-5-18)37-21-10-6-19(7-11-21)28(32)33/h2-13,27H,14-16H2,1H3,(H,26,30). The lowest BCUT2D eigenvalue weighted by Crippen LogP contribution is -2.39. The SMILES string of the molecule is Cc1ccc(S(=O)(=O)NCC(=O)NCC(=O)OCC(=O)c2ccc(Oc3ccc([N+](=O)[O-])cc3)cc2)cc1. The molecule has 3 rings (SSSR count). The smallest absolute Gasteiger partial charge is 0.325 e. The largest absolute Gasteiger partial charge is 0.457 e. The molecule has 13 heteroatoms. The van der Waals surface area contributed by atoms with Crippen LogP contribution in [0.2, 0.25) is 0 Å². The van der Waals surface area contributed by atoms with Crippen molar-refractivity contribution in [3.63, 3.8) is 0 Å². The van der Waals surface area contributed by atoms with Crippen LogP contribution in [0, 0.1) is 17.0 Å². The van der Waals surface area contributed by atoms with Crippen molar-refractivity contribution >= 4 is 33.4 Å². The van der Waals surface area contributed by atoms with Gasteiger partial charge in [-0.15, -0.1) is 0 Å². The van der Waals surface area contributed by atoms with E-state index in [1.165, 1.54) is 60.7 Å². The molecule has 0 aliphatic carbocycles. The number of carbonyl (C=O) groups excluding carboxylic acids is 3. The number of non-ortho nitro benzene ring substituents is 1. The van der Waals surface area contributed by atoms with Crippen LogP contribution in [0.1, 0.15) is 15.9 Å². The molecule has 1 amide bonds. The van der Waals surface area contributed by atoms with Gasteiger partial charge >= 0.3 is 5.97 Å². The number of hydrogen-bond donors (Lipinski definition) is 2. The molecular formula is C25H23N3O9S. The molecule has 3 aromatic rings. The first-order valence-electron chi connectivity index (χ1n) is 11.1. The van der Waals surface area contributed by atoms with Crippen LogP contribution in [-0.4, -0.2) is 50.7 Å². The van der Waals surface area contributed by atoms with Crippen molar-refractivity contribution in [3.05, 3.63) is 94.0 Å². The third-order valence-electron chi connectivity index (χ3n) is 5.01. The Morgan fingerprint density at radius 2 is 1.45 bits per heavy atom. The minimum atomic E-state index is -3.89. The highest BCUT2D eigenvalue weighted by atomic mass is 32.2. The predicted molar refractivity (Wildman–Crippen MR) is 134 cm³/mol. The normalized spacial score (nSPS) is 10.9. The number of sulfonamides is 1. The van der Waals surface area contributed by atoms with E-state index < -0.39 is 52.3 Å². The number of nitro groups is 1. The van der Waals surface area contributed by atoms with Crippen LogP contribution in [0.15, 0.2) is 77.7 Å². The first-order chi connectivity index (χ1) is 18.0. The van der Waals surface area contributed by atoms with Crippen molar-refractivity contribution < 1.29 is 37.2 Å². The van der Waals surface area contributed by atoms with Gasteiger partial charge in [0.15, 0.2) is 12.4 Å². The zero-order chi connectivity index (χ0) is 27.7. The Kier molecular flexibility index (Phi) is 9.24. The average Bonchev–Trinajstić information content (AvgIpc) is 2.90. The molecule has 0 fully saturated rings. The lowest BCUT2D eigenvalue weighted by atomic mass is 10.1. The Bertz CT molecular complexity index is 1420. The summed E-state index contributed by atoms with van der Waals surface area (Å²) >= 11 is 0. The highest BCUT2D eigenvalue weighted by Crippen LogP contribution is 2.24. The maximum absolute atomic E-state index is 12.3. The van der Waals surface area contributed by atoms with Gasteiger partial charge in [-0.2, -0.15) is 0 Å². The third-order valence-corrected chi connectivity index (χ3v) is 6.42. The van der Waals surface area contributed by atoms with E-state index in [0.717, 1.165) is 5.56 Å². The Balaban J connectivity index is 1.39. The molecule has 12 nitrogen and oxygen atoms in total. The number of nitrogens with zero attached hydrogens (tertiary/aromatic N) is 1. The van der Waals surface area contributed by atoms with Crippen molar-refractivity contribution in [2.45, 2.75) is 11.8 Å². The van der Waals surface area contributed by atoms with E-state index in [9.17, 15) is 32.9 Å². The molecule has 0 spiro atoms. The van der Waals surface area contributed by atoms with Crippen LogP contribution in [0.3, 0.4) is 0 Å². The Morgan fingerprint density at radius 1 is 0.868 bits per heavy atom. The Hall–Kier alpha value is -4.62. The first kappa shape index (κ1) is 28.0.